The van der Waals surface area contributed by atoms with Gasteiger partial charge in [0, 0.05) is 18.8 Å². The third kappa shape index (κ3) is 6.08. The first-order valence-electron chi connectivity index (χ1n) is 10.7. The molecule has 1 aromatic carbocycles. The van der Waals surface area contributed by atoms with Crippen molar-refractivity contribution in [3.05, 3.63) is 42.0 Å². The molecule has 2 rings (SSSR count). The van der Waals surface area contributed by atoms with E-state index in [1.807, 2.05) is 65.6 Å². The Hall–Kier alpha value is -2.83. The maximum atomic E-state index is 12.9. The van der Waals surface area contributed by atoms with Crippen LogP contribution in [0, 0.1) is 6.92 Å². The molecular formula is C23H36N5O2+. The fourth-order valence-corrected chi connectivity index (χ4v) is 3.22. The molecule has 0 saturated heterocycles. The molecule has 1 heterocycles. The van der Waals surface area contributed by atoms with Crippen molar-refractivity contribution < 1.29 is 14.1 Å². The highest BCUT2D eigenvalue weighted by molar-refractivity contribution is 5.93. The van der Waals surface area contributed by atoms with E-state index in [2.05, 4.69) is 24.2 Å². The summed E-state index contributed by atoms with van der Waals surface area (Å²) in [6.45, 7) is 7.82. The molecule has 7 nitrogen and oxygen atoms in total. The van der Waals surface area contributed by atoms with Gasteiger partial charge in [0.1, 0.15) is 12.4 Å². The number of carbonyl (C=O) groups excluding carboxylic acids is 1. The third-order valence-electron chi connectivity index (χ3n) is 5.11. The predicted molar refractivity (Wildman–Crippen MR) is 121 cm³/mol. The maximum Gasteiger partial charge on any atom is 0.344 e. The second kappa shape index (κ2) is 11.4. The van der Waals surface area contributed by atoms with Gasteiger partial charge in [-0.1, -0.05) is 32.8 Å². The number of aromatic nitrogens is 2. The molecule has 30 heavy (non-hydrogen) atoms. The maximum absolute atomic E-state index is 12.9. The summed E-state index contributed by atoms with van der Waals surface area (Å²) in [5.74, 6) is 1.37. The molecule has 0 atom stereocenters. The number of imidazole rings is 1. The molecule has 0 aliphatic rings. The second-order valence-corrected chi connectivity index (χ2v) is 7.59. The van der Waals surface area contributed by atoms with Gasteiger partial charge in [-0.3, -0.25) is 0 Å². The minimum absolute atomic E-state index is 0.0538. The number of unbranched alkanes of at least 4 members (excludes halogenated alkanes) is 2. The molecule has 0 saturated carbocycles. The number of nitrogens with one attached hydrogen (secondary N) is 1. The van der Waals surface area contributed by atoms with Crippen LogP contribution >= 0.6 is 0 Å². The van der Waals surface area contributed by atoms with Crippen molar-refractivity contribution in [3.8, 4) is 0 Å². The first kappa shape index (κ1) is 23.4. The molecule has 0 spiro atoms. The summed E-state index contributed by atoms with van der Waals surface area (Å²) in [6.07, 6.45) is 8.04. The summed E-state index contributed by atoms with van der Waals surface area (Å²) in [5, 5.41) is 3.08. The molecule has 164 valence electrons. The van der Waals surface area contributed by atoms with Gasteiger partial charge >= 0.3 is 17.8 Å². The largest absolute Gasteiger partial charge is 0.475 e. The van der Waals surface area contributed by atoms with E-state index in [9.17, 15) is 4.79 Å². The zero-order chi connectivity index (χ0) is 22.1. The van der Waals surface area contributed by atoms with Crippen LogP contribution in [-0.2, 0) is 18.8 Å². The summed E-state index contributed by atoms with van der Waals surface area (Å²) in [7, 11) is 5.51. The van der Waals surface area contributed by atoms with Crippen LogP contribution in [0.25, 0.3) is 0 Å². The highest BCUT2D eigenvalue weighted by Gasteiger charge is 2.20. The van der Waals surface area contributed by atoms with Gasteiger partial charge in [0.15, 0.2) is 0 Å². The average Bonchev–Trinajstić information content (AvgIpc) is 3.06. The highest BCUT2D eigenvalue weighted by Crippen LogP contribution is 2.24. The van der Waals surface area contributed by atoms with Crippen molar-refractivity contribution in [1.29, 1.82) is 0 Å². The summed E-state index contributed by atoms with van der Waals surface area (Å²) >= 11 is 0. The van der Waals surface area contributed by atoms with Crippen LogP contribution in [0.4, 0.5) is 16.2 Å². The Morgan fingerprint density at radius 2 is 1.90 bits per heavy atom. The molecule has 0 fully saturated rings. The molecule has 0 unspecified atom stereocenters. The van der Waals surface area contributed by atoms with E-state index < -0.39 is 0 Å². The zero-order valence-corrected chi connectivity index (χ0v) is 19.2. The van der Waals surface area contributed by atoms with Crippen molar-refractivity contribution >= 4 is 23.3 Å². The molecule has 0 radical (unpaired) electrons. The molecule has 2 amide bonds. The Kier molecular flexibility index (Phi) is 8.89. The van der Waals surface area contributed by atoms with E-state index in [0.717, 1.165) is 61.5 Å². The number of aryl methyl sites for hydroxylation is 3. The number of amides is 2. The average molecular weight is 415 g/mol. The van der Waals surface area contributed by atoms with E-state index in [1.165, 1.54) is 0 Å². The molecule has 1 aromatic heterocycles. The van der Waals surface area contributed by atoms with E-state index in [0.29, 0.717) is 5.90 Å². The highest BCUT2D eigenvalue weighted by atomic mass is 16.5. The van der Waals surface area contributed by atoms with Crippen LogP contribution in [0.5, 0.6) is 0 Å². The number of methoxy groups -OCH3 is 1. The van der Waals surface area contributed by atoms with Crippen LogP contribution in [0.1, 0.15) is 50.9 Å². The number of benzene rings is 1. The molecular weight excluding hydrogens is 378 g/mol. The van der Waals surface area contributed by atoms with Gasteiger partial charge in [-0.2, -0.15) is 0 Å². The minimum Gasteiger partial charge on any atom is -0.475 e. The number of urea groups is 1. The van der Waals surface area contributed by atoms with E-state index in [1.54, 1.807) is 7.11 Å². The van der Waals surface area contributed by atoms with Crippen LogP contribution in [-0.4, -0.2) is 41.6 Å². The Morgan fingerprint density at radius 1 is 1.23 bits per heavy atom. The molecule has 2 aromatic rings. The Balaban J connectivity index is 2.26. The fraction of sp³-hybridized carbons (Fsp3) is 0.522. The SMILES string of the molecule is CCCCN(CCCC)C(=O)Nc1cc(/N=C(\OC)c2n(C)cc[n+]2C)ccc1C. The monoisotopic (exact) mass is 414 g/mol. The number of ether oxygens (including phenoxy) is 1. The Labute approximate surface area is 180 Å². The van der Waals surface area contributed by atoms with Gasteiger partial charge in [-0.25, -0.2) is 18.9 Å². The van der Waals surface area contributed by atoms with Gasteiger partial charge in [0.05, 0.1) is 26.9 Å². The van der Waals surface area contributed by atoms with E-state index in [4.69, 9.17) is 4.74 Å². The van der Waals surface area contributed by atoms with Gasteiger partial charge < -0.3 is 15.0 Å². The van der Waals surface area contributed by atoms with E-state index in [-0.39, 0.29) is 6.03 Å². The summed E-state index contributed by atoms with van der Waals surface area (Å²) in [6, 6.07) is 5.74. The lowest BCUT2D eigenvalue weighted by molar-refractivity contribution is -0.672. The van der Waals surface area contributed by atoms with Crippen molar-refractivity contribution in [3.63, 3.8) is 0 Å². The first-order valence-corrected chi connectivity index (χ1v) is 10.7. The topological polar surface area (TPSA) is 62.7 Å². The number of hydrogen-bond acceptors (Lipinski definition) is 3. The minimum atomic E-state index is -0.0538. The first-order chi connectivity index (χ1) is 14.4. The smallest absolute Gasteiger partial charge is 0.344 e. The number of carbonyl (C=O) groups is 1. The summed E-state index contributed by atoms with van der Waals surface area (Å²) in [5.41, 5.74) is 2.49. The molecule has 7 heteroatoms. The number of aliphatic imine (C=N–C) groups is 1. The summed E-state index contributed by atoms with van der Waals surface area (Å²) < 4.78 is 9.46. The van der Waals surface area contributed by atoms with Crippen LogP contribution in [0.2, 0.25) is 0 Å². The van der Waals surface area contributed by atoms with Gasteiger partial charge in [-0.05, 0) is 37.5 Å². The zero-order valence-electron chi connectivity index (χ0n) is 19.2. The van der Waals surface area contributed by atoms with E-state index >= 15 is 0 Å². The lowest BCUT2D eigenvalue weighted by Gasteiger charge is -2.23. The Morgan fingerprint density at radius 3 is 2.43 bits per heavy atom. The lowest BCUT2D eigenvalue weighted by atomic mass is 10.2. The van der Waals surface area contributed by atoms with Crippen molar-refractivity contribution in [1.82, 2.24) is 9.47 Å². The number of nitrogens with zero attached hydrogens (tertiary/aromatic N) is 4. The van der Waals surface area contributed by atoms with Gasteiger partial charge in [-0.15, -0.1) is 0 Å². The molecule has 0 aliphatic carbocycles. The third-order valence-corrected chi connectivity index (χ3v) is 5.11. The lowest BCUT2D eigenvalue weighted by Crippen LogP contribution is -2.36. The van der Waals surface area contributed by atoms with Crippen molar-refractivity contribution in [2.45, 2.75) is 46.5 Å². The number of rotatable bonds is 9. The standard InChI is InChI=1S/C23H35N5O2/c1-7-9-13-28(14-10-8-2)23(29)25-20-17-19(12-11-18(20)3)24-21(30-6)22-26(4)15-16-27(22)5/h11-12,15-17H,7-10,13-14H2,1-6H3/p+1/b24-21-. The normalized spacial score (nSPS) is 11.5. The number of anilines is 1. The molecule has 0 bridgehead atoms. The molecule has 1 N–H and O–H groups in total. The van der Waals surface area contributed by atoms with Gasteiger partial charge in [0.25, 0.3) is 0 Å². The predicted octanol–water partition coefficient (Wildman–Crippen LogP) is 4.32. The Bertz CT molecular complexity index is 845. The van der Waals surface area contributed by atoms with Crippen LogP contribution in [0.3, 0.4) is 0 Å². The van der Waals surface area contributed by atoms with Crippen molar-refractivity contribution in [2.24, 2.45) is 19.1 Å². The molecule has 0 aliphatic heterocycles. The van der Waals surface area contributed by atoms with Crippen LogP contribution < -0.4 is 9.88 Å². The van der Waals surface area contributed by atoms with Crippen LogP contribution in [0.15, 0.2) is 35.6 Å². The fourth-order valence-electron chi connectivity index (χ4n) is 3.22. The number of hydrogen-bond donors (Lipinski definition) is 1. The quantitative estimate of drug-likeness (QED) is 0.377. The van der Waals surface area contributed by atoms with Gasteiger partial charge in [0.2, 0.25) is 0 Å². The summed E-state index contributed by atoms with van der Waals surface area (Å²) in [4.78, 5) is 19.5. The second-order valence-electron chi connectivity index (χ2n) is 7.59. The van der Waals surface area contributed by atoms with Crippen molar-refractivity contribution in [2.75, 3.05) is 25.5 Å².